The second-order valence-corrected chi connectivity index (χ2v) is 5.14. The van der Waals surface area contributed by atoms with Gasteiger partial charge in [-0.25, -0.2) is 4.98 Å². The smallest absolute Gasteiger partial charge is 0.139 e. The minimum atomic E-state index is -0.0249. The lowest BCUT2D eigenvalue weighted by Gasteiger charge is -2.03. The lowest BCUT2D eigenvalue weighted by Crippen LogP contribution is -1.96. The van der Waals surface area contributed by atoms with E-state index in [0.717, 1.165) is 33.1 Å². The van der Waals surface area contributed by atoms with Crippen LogP contribution in [0.15, 0.2) is 36.5 Å². The van der Waals surface area contributed by atoms with E-state index in [9.17, 15) is 5.11 Å². The molecule has 4 nitrogen and oxygen atoms in total. The molecule has 0 saturated carbocycles. The van der Waals surface area contributed by atoms with Crippen LogP contribution in [0.5, 0.6) is 0 Å². The molecule has 2 aromatic heterocycles. The molecule has 3 aromatic rings. The second kappa shape index (κ2) is 4.81. The van der Waals surface area contributed by atoms with Gasteiger partial charge in [-0.1, -0.05) is 23.7 Å². The number of hydrogen-bond donors (Lipinski definition) is 2. The third-order valence-corrected chi connectivity index (χ3v) is 3.75. The van der Waals surface area contributed by atoms with E-state index >= 15 is 0 Å². The van der Waals surface area contributed by atoms with Crippen molar-refractivity contribution in [1.29, 1.82) is 0 Å². The van der Waals surface area contributed by atoms with Crippen LogP contribution in [0.25, 0.3) is 16.9 Å². The lowest BCUT2D eigenvalue weighted by molar-refractivity contribution is 0.281. The Morgan fingerprint density at radius 1 is 1.30 bits per heavy atom. The molecule has 0 bridgehead atoms. The molecule has 0 aliphatic heterocycles. The zero-order valence-corrected chi connectivity index (χ0v) is 11.7. The molecule has 3 rings (SSSR count). The number of nitrogen functional groups attached to an aromatic ring is 1. The summed E-state index contributed by atoms with van der Waals surface area (Å²) in [4.78, 5) is 4.54. The third kappa shape index (κ3) is 2.03. The van der Waals surface area contributed by atoms with Crippen LogP contribution in [0.2, 0.25) is 5.02 Å². The number of nitrogens with two attached hydrogens (primary N) is 1. The Bertz CT molecular complexity index is 795. The molecule has 3 N–H and O–H groups in total. The Hall–Kier alpha value is -2.04. The molecule has 0 spiro atoms. The van der Waals surface area contributed by atoms with Gasteiger partial charge in [0.1, 0.15) is 17.2 Å². The standard InChI is InChI=1S/C15H14ClN3O/c1-9-6-11(3-4-12(9)16)14-15(17)19-7-10(8-20)2-5-13(19)18-14/h2-7,20H,8,17H2,1H3. The zero-order chi connectivity index (χ0) is 14.3. The Labute approximate surface area is 121 Å². The summed E-state index contributed by atoms with van der Waals surface area (Å²) < 4.78 is 1.78. The summed E-state index contributed by atoms with van der Waals surface area (Å²) in [5.41, 5.74) is 10.3. The maximum absolute atomic E-state index is 9.19. The number of pyridine rings is 1. The number of fused-ring (bicyclic) bond motifs is 1. The molecular weight excluding hydrogens is 274 g/mol. The van der Waals surface area contributed by atoms with Gasteiger partial charge in [0.2, 0.25) is 0 Å². The summed E-state index contributed by atoms with van der Waals surface area (Å²) in [5, 5.41) is 9.91. The molecule has 102 valence electrons. The number of rotatable bonds is 2. The molecule has 0 unspecified atom stereocenters. The normalized spacial score (nSPS) is 11.2. The summed E-state index contributed by atoms with van der Waals surface area (Å²) in [7, 11) is 0. The molecule has 0 radical (unpaired) electrons. The maximum Gasteiger partial charge on any atom is 0.139 e. The van der Waals surface area contributed by atoms with Gasteiger partial charge in [-0.15, -0.1) is 0 Å². The number of benzene rings is 1. The fourth-order valence-electron chi connectivity index (χ4n) is 2.20. The number of hydrogen-bond acceptors (Lipinski definition) is 3. The van der Waals surface area contributed by atoms with Crippen molar-refractivity contribution in [1.82, 2.24) is 9.38 Å². The molecule has 0 saturated heterocycles. The van der Waals surface area contributed by atoms with Crippen molar-refractivity contribution >= 4 is 23.1 Å². The number of halogens is 1. The Morgan fingerprint density at radius 2 is 2.10 bits per heavy atom. The van der Waals surface area contributed by atoms with Crippen molar-refractivity contribution in [3.63, 3.8) is 0 Å². The maximum atomic E-state index is 9.19. The van der Waals surface area contributed by atoms with Gasteiger partial charge in [0.05, 0.1) is 6.61 Å². The van der Waals surface area contributed by atoms with Crippen molar-refractivity contribution < 1.29 is 5.11 Å². The SMILES string of the molecule is Cc1cc(-c2nc3ccc(CO)cn3c2N)ccc1Cl. The fourth-order valence-corrected chi connectivity index (χ4v) is 2.32. The first kappa shape index (κ1) is 13.0. The number of nitrogens with zero attached hydrogens (tertiary/aromatic N) is 2. The van der Waals surface area contributed by atoms with Crippen LogP contribution in [0.4, 0.5) is 5.82 Å². The average molecular weight is 288 g/mol. The van der Waals surface area contributed by atoms with Crippen LogP contribution >= 0.6 is 11.6 Å². The minimum absolute atomic E-state index is 0.0249. The lowest BCUT2D eigenvalue weighted by atomic mass is 10.1. The molecule has 5 heteroatoms. The number of anilines is 1. The van der Waals surface area contributed by atoms with Crippen LogP contribution in [0.1, 0.15) is 11.1 Å². The molecule has 0 aliphatic rings. The molecule has 0 atom stereocenters. The molecule has 2 heterocycles. The van der Waals surface area contributed by atoms with Crippen molar-refractivity contribution in [2.45, 2.75) is 13.5 Å². The van der Waals surface area contributed by atoms with E-state index in [0.29, 0.717) is 5.82 Å². The summed E-state index contributed by atoms with van der Waals surface area (Å²) in [6, 6.07) is 9.38. The van der Waals surface area contributed by atoms with Crippen molar-refractivity contribution in [3.8, 4) is 11.3 Å². The quantitative estimate of drug-likeness (QED) is 0.761. The molecule has 20 heavy (non-hydrogen) atoms. The van der Waals surface area contributed by atoms with Crippen molar-refractivity contribution in [3.05, 3.63) is 52.7 Å². The molecule has 0 fully saturated rings. The topological polar surface area (TPSA) is 63.5 Å². The first-order chi connectivity index (χ1) is 9.60. The van der Waals surface area contributed by atoms with Crippen LogP contribution < -0.4 is 5.73 Å². The van der Waals surface area contributed by atoms with Crippen LogP contribution in [0, 0.1) is 6.92 Å². The van der Waals surface area contributed by atoms with E-state index < -0.39 is 0 Å². The van der Waals surface area contributed by atoms with Crippen LogP contribution in [-0.4, -0.2) is 14.5 Å². The van der Waals surface area contributed by atoms with E-state index in [2.05, 4.69) is 4.98 Å². The first-order valence-corrected chi connectivity index (χ1v) is 6.62. The van der Waals surface area contributed by atoms with Crippen molar-refractivity contribution in [2.24, 2.45) is 0 Å². The van der Waals surface area contributed by atoms with Crippen LogP contribution in [0.3, 0.4) is 0 Å². The Morgan fingerprint density at radius 3 is 2.80 bits per heavy atom. The highest BCUT2D eigenvalue weighted by Crippen LogP contribution is 2.29. The molecular formula is C15H14ClN3O. The van der Waals surface area contributed by atoms with Gasteiger partial charge in [0, 0.05) is 16.8 Å². The summed E-state index contributed by atoms with van der Waals surface area (Å²) in [6.07, 6.45) is 1.80. The van der Waals surface area contributed by atoms with Crippen molar-refractivity contribution in [2.75, 3.05) is 5.73 Å². The number of aromatic nitrogens is 2. The molecule has 0 aliphatic carbocycles. The van der Waals surface area contributed by atoms with Gasteiger partial charge >= 0.3 is 0 Å². The zero-order valence-electron chi connectivity index (χ0n) is 11.0. The Balaban J connectivity index is 2.21. The fraction of sp³-hybridized carbons (Fsp3) is 0.133. The second-order valence-electron chi connectivity index (χ2n) is 4.73. The van der Waals surface area contributed by atoms with E-state index in [-0.39, 0.29) is 6.61 Å². The number of aliphatic hydroxyl groups is 1. The predicted molar refractivity (Wildman–Crippen MR) is 80.7 cm³/mol. The number of aryl methyl sites for hydroxylation is 1. The number of imidazole rings is 1. The van der Waals surface area contributed by atoms with Gasteiger partial charge in [-0.2, -0.15) is 0 Å². The highest BCUT2D eigenvalue weighted by atomic mass is 35.5. The number of aliphatic hydroxyl groups excluding tert-OH is 1. The molecule has 1 aromatic carbocycles. The highest BCUT2D eigenvalue weighted by molar-refractivity contribution is 6.31. The summed E-state index contributed by atoms with van der Waals surface area (Å²) >= 11 is 6.04. The van der Waals surface area contributed by atoms with E-state index in [1.54, 1.807) is 10.6 Å². The van der Waals surface area contributed by atoms with E-state index in [1.807, 2.05) is 37.3 Å². The van der Waals surface area contributed by atoms with Gasteiger partial charge in [0.25, 0.3) is 0 Å². The van der Waals surface area contributed by atoms with Crippen LogP contribution in [-0.2, 0) is 6.61 Å². The highest BCUT2D eigenvalue weighted by Gasteiger charge is 2.12. The van der Waals surface area contributed by atoms with Gasteiger partial charge in [-0.05, 0) is 36.2 Å². The Kier molecular flexibility index (Phi) is 3.12. The largest absolute Gasteiger partial charge is 0.392 e. The van der Waals surface area contributed by atoms with E-state index in [4.69, 9.17) is 17.3 Å². The summed E-state index contributed by atoms with van der Waals surface area (Å²) in [5.74, 6) is 0.553. The third-order valence-electron chi connectivity index (χ3n) is 3.33. The van der Waals surface area contributed by atoms with E-state index in [1.165, 1.54) is 0 Å². The minimum Gasteiger partial charge on any atom is -0.392 e. The monoisotopic (exact) mass is 287 g/mol. The molecule has 0 amide bonds. The van der Waals surface area contributed by atoms with Gasteiger partial charge < -0.3 is 10.8 Å². The summed E-state index contributed by atoms with van der Waals surface area (Å²) in [6.45, 7) is 1.92. The van der Waals surface area contributed by atoms with Gasteiger partial charge in [0.15, 0.2) is 0 Å². The van der Waals surface area contributed by atoms with Gasteiger partial charge in [-0.3, -0.25) is 4.40 Å². The first-order valence-electron chi connectivity index (χ1n) is 6.24. The average Bonchev–Trinajstić information content (AvgIpc) is 2.79. The predicted octanol–water partition coefficient (Wildman–Crippen LogP) is 3.04.